The first-order valence-corrected chi connectivity index (χ1v) is 6.43. The number of imide groups is 1. The molecule has 3 rings (SSSR count). The Morgan fingerprint density at radius 1 is 1.15 bits per heavy atom. The van der Waals surface area contributed by atoms with Crippen molar-refractivity contribution in [1.29, 1.82) is 0 Å². The summed E-state index contributed by atoms with van der Waals surface area (Å²) >= 11 is 0. The molecule has 1 aliphatic carbocycles. The molecule has 1 fully saturated rings. The third kappa shape index (κ3) is 1.30. The largest absolute Gasteiger partial charge is 0.467 e. The fraction of sp³-hybridized carbons (Fsp3) is 0.400. The molecular formula is C15H15NO4. The number of amides is 2. The van der Waals surface area contributed by atoms with Gasteiger partial charge in [-0.3, -0.25) is 14.5 Å². The zero-order chi connectivity index (χ0) is 14.7. The van der Waals surface area contributed by atoms with Gasteiger partial charge in [0.2, 0.25) is 0 Å². The number of hydrogen-bond acceptors (Lipinski definition) is 4. The van der Waals surface area contributed by atoms with Gasteiger partial charge in [-0.25, -0.2) is 4.79 Å². The lowest BCUT2D eigenvalue weighted by Crippen LogP contribution is -2.50. The Morgan fingerprint density at radius 2 is 1.60 bits per heavy atom. The van der Waals surface area contributed by atoms with Gasteiger partial charge >= 0.3 is 5.97 Å². The average molecular weight is 273 g/mol. The number of ether oxygens (including phenoxy) is 1. The van der Waals surface area contributed by atoms with Gasteiger partial charge in [0.05, 0.1) is 18.2 Å². The zero-order valence-corrected chi connectivity index (χ0v) is 11.6. The zero-order valence-electron chi connectivity index (χ0n) is 11.6. The van der Waals surface area contributed by atoms with Crippen LogP contribution in [0.2, 0.25) is 0 Å². The van der Waals surface area contributed by atoms with Crippen molar-refractivity contribution in [3.63, 3.8) is 0 Å². The maximum atomic E-state index is 12.5. The quantitative estimate of drug-likeness (QED) is 0.607. The van der Waals surface area contributed by atoms with Gasteiger partial charge in [-0.15, -0.1) is 0 Å². The molecule has 1 heterocycles. The number of rotatable bonds is 2. The van der Waals surface area contributed by atoms with Crippen molar-refractivity contribution in [3.8, 4) is 0 Å². The fourth-order valence-electron chi connectivity index (χ4n) is 3.12. The highest BCUT2D eigenvalue weighted by Crippen LogP contribution is 2.61. The molecule has 104 valence electrons. The minimum absolute atomic E-state index is 0.350. The smallest absolute Gasteiger partial charge is 0.332 e. The summed E-state index contributed by atoms with van der Waals surface area (Å²) in [5, 5.41) is 0. The van der Waals surface area contributed by atoms with Crippen molar-refractivity contribution >= 4 is 17.8 Å². The van der Waals surface area contributed by atoms with E-state index in [0.717, 1.165) is 4.90 Å². The third-order valence-electron chi connectivity index (χ3n) is 4.39. The van der Waals surface area contributed by atoms with Crippen LogP contribution < -0.4 is 0 Å². The van der Waals surface area contributed by atoms with E-state index in [1.807, 2.05) is 13.8 Å². The molecule has 5 heteroatoms. The third-order valence-corrected chi connectivity index (χ3v) is 4.39. The van der Waals surface area contributed by atoms with Crippen LogP contribution in [0.25, 0.3) is 0 Å². The van der Waals surface area contributed by atoms with E-state index in [1.165, 1.54) is 7.11 Å². The molecule has 20 heavy (non-hydrogen) atoms. The Bertz CT molecular complexity index is 614. The summed E-state index contributed by atoms with van der Waals surface area (Å²) in [6, 6.07) is 6.62. The Hall–Kier alpha value is -2.17. The van der Waals surface area contributed by atoms with E-state index in [-0.39, 0.29) is 0 Å². The first-order chi connectivity index (χ1) is 9.37. The van der Waals surface area contributed by atoms with E-state index in [1.54, 1.807) is 24.3 Å². The highest BCUT2D eigenvalue weighted by atomic mass is 16.5. The lowest BCUT2D eigenvalue weighted by atomic mass is 10.0. The van der Waals surface area contributed by atoms with Crippen LogP contribution in [0.4, 0.5) is 0 Å². The second-order valence-electron chi connectivity index (χ2n) is 5.90. The number of fused-ring (bicyclic) bond motifs is 1. The standard InChI is InChI=1S/C15H15NO4/c1-14(2)8-15(14,13(19)20-3)16-11(17)9-6-4-5-7-10(9)12(16)18/h4-7H,8H2,1-3H3/t15-/m0/s1. The summed E-state index contributed by atoms with van der Waals surface area (Å²) in [5.41, 5.74) is -0.936. The number of benzene rings is 1. The van der Waals surface area contributed by atoms with E-state index in [2.05, 4.69) is 0 Å². The summed E-state index contributed by atoms with van der Waals surface area (Å²) < 4.78 is 4.84. The van der Waals surface area contributed by atoms with Crippen LogP contribution in [0.5, 0.6) is 0 Å². The van der Waals surface area contributed by atoms with Gasteiger partial charge in [-0.2, -0.15) is 0 Å². The second kappa shape index (κ2) is 3.69. The minimum atomic E-state index is -1.17. The summed E-state index contributed by atoms with van der Waals surface area (Å²) in [6.07, 6.45) is 0.429. The van der Waals surface area contributed by atoms with Gasteiger partial charge in [0, 0.05) is 5.41 Å². The van der Waals surface area contributed by atoms with Crippen molar-refractivity contribution < 1.29 is 19.1 Å². The van der Waals surface area contributed by atoms with Gasteiger partial charge in [0.25, 0.3) is 11.8 Å². The lowest BCUT2D eigenvalue weighted by Gasteiger charge is -2.27. The molecule has 0 N–H and O–H groups in total. The maximum absolute atomic E-state index is 12.5. The lowest BCUT2D eigenvalue weighted by molar-refractivity contribution is -0.148. The van der Waals surface area contributed by atoms with Crippen LogP contribution in [0, 0.1) is 5.41 Å². The molecule has 2 aliphatic rings. The molecule has 2 amide bonds. The van der Waals surface area contributed by atoms with E-state index in [4.69, 9.17) is 4.74 Å². The molecular weight excluding hydrogens is 258 g/mol. The second-order valence-corrected chi connectivity index (χ2v) is 5.90. The molecule has 0 bridgehead atoms. The number of carbonyl (C=O) groups excluding carboxylic acids is 3. The van der Waals surface area contributed by atoms with Gasteiger partial charge in [0.15, 0.2) is 5.54 Å². The van der Waals surface area contributed by atoms with E-state index in [9.17, 15) is 14.4 Å². The summed E-state index contributed by atoms with van der Waals surface area (Å²) in [5.74, 6) is -1.36. The molecule has 5 nitrogen and oxygen atoms in total. The molecule has 1 saturated carbocycles. The maximum Gasteiger partial charge on any atom is 0.332 e. The van der Waals surface area contributed by atoms with Crippen LogP contribution in [-0.4, -0.2) is 35.3 Å². The molecule has 0 spiro atoms. The Labute approximate surface area is 116 Å². The minimum Gasteiger partial charge on any atom is -0.467 e. The van der Waals surface area contributed by atoms with E-state index in [0.29, 0.717) is 17.5 Å². The average Bonchev–Trinajstić information content (AvgIpc) is 2.91. The molecule has 1 atom stereocenters. The molecule has 1 aliphatic heterocycles. The number of methoxy groups -OCH3 is 1. The van der Waals surface area contributed by atoms with Crippen LogP contribution in [0.15, 0.2) is 24.3 Å². The van der Waals surface area contributed by atoms with Gasteiger partial charge in [-0.1, -0.05) is 26.0 Å². The fourth-order valence-corrected chi connectivity index (χ4v) is 3.12. The highest BCUT2D eigenvalue weighted by molar-refractivity contribution is 6.24. The van der Waals surface area contributed by atoms with Crippen molar-refractivity contribution in [2.75, 3.05) is 7.11 Å². The SMILES string of the molecule is COC(=O)[C@@]1(N2C(=O)c3ccccc3C2=O)CC1(C)C. The van der Waals surface area contributed by atoms with Gasteiger partial charge in [-0.05, 0) is 18.6 Å². The molecule has 0 radical (unpaired) electrons. The highest BCUT2D eigenvalue weighted by Gasteiger charge is 2.74. The predicted molar refractivity (Wildman–Crippen MR) is 70.1 cm³/mol. The Balaban J connectivity index is 2.11. The molecule has 0 aromatic heterocycles. The Kier molecular flexibility index (Phi) is 2.37. The normalized spacial score (nSPS) is 26.4. The summed E-state index contributed by atoms with van der Waals surface area (Å²) in [4.78, 5) is 38.3. The number of carbonyl (C=O) groups is 3. The van der Waals surface area contributed by atoms with Crippen LogP contribution in [0.3, 0.4) is 0 Å². The summed E-state index contributed by atoms with van der Waals surface area (Å²) in [6.45, 7) is 3.71. The molecule has 1 aromatic carbocycles. The number of nitrogens with zero attached hydrogens (tertiary/aromatic N) is 1. The first-order valence-electron chi connectivity index (χ1n) is 6.43. The molecule has 0 saturated heterocycles. The van der Waals surface area contributed by atoms with Gasteiger partial charge in [0.1, 0.15) is 0 Å². The van der Waals surface area contributed by atoms with Crippen LogP contribution >= 0.6 is 0 Å². The Morgan fingerprint density at radius 3 is 1.95 bits per heavy atom. The predicted octanol–water partition coefficient (Wildman–Crippen LogP) is 1.62. The topological polar surface area (TPSA) is 63.7 Å². The van der Waals surface area contributed by atoms with Crippen molar-refractivity contribution in [2.24, 2.45) is 5.41 Å². The summed E-state index contributed by atoms with van der Waals surface area (Å²) in [7, 11) is 1.27. The van der Waals surface area contributed by atoms with Crippen LogP contribution in [0.1, 0.15) is 41.0 Å². The number of hydrogen-bond donors (Lipinski definition) is 0. The monoisotopic (exact) mass is 273 g/mol. The molecule has 0 unspecified atom stereocenters. The number of esters is 1. The van der Waals surface area contributed by atoms with Crippen molar-refractivity contribution in [3.05, 3.63) is 35.4 Å². The van der Waals surface area contributed by atoms with E-state index < -0.39 is 28.7 Å². The molecule has 1 aromatic rings. The first kappa shape index (κ1) is 12.8. The van der Waals surface area contributed by atoms with Gasteiger partial charge < -0.3 is 4.74 Å². The van der Waals surface area contributed by atoms with Crippen molar-refractivity contribution in [1.82, 2.24) is 4.90 Å². The van der Waals surface area contributed by atoms with Crippen LogP contribution in [-0.2, 0) is 9.53 Å². The van der Waals surface area contributed by atoms with Crippen molar-refractivity contribution in [2.45, 2.75) is 25.8 Å². The van der Waals surface area contributed by atoms with E-state index >= 15 is 0 Å².